The van der Waals surface area contributed by atoms with Gasteiger partial charge in [-0.3, -0.25) is 9.59 Å². The fourth-order valence-corrected chi connectivity index (χ4v) is 4.65. The van der Waals surface area contributed by atoms with Crippen molar-refractivity contribution in [2.24, 2.45) is 17.8 Å². The van der Waals surface area contributed by atoms with Crippen LogP contribution in [0.2, 0.25) is 0 Å². The fourth-order valence-electron chi connectivity index (χ4n) is 4.65. The molecule has 2 amide bonds. The van der Waals surface area contributed by atoms with Crippen LogP contribution < -0.4 is 4.74 Å². The Bertz CT molecular complexity index is 943. The maximum atomic E-state index is 13.5. The second-order valence-corrected chi connectivity index (χ2v) is 9.94. The molecule has 0 aromatic carbocycles. The number of aromatic nitrogens is 1. The van der Waals surface area contributed by atoms with Gasteiger partial charge < -0.3 is 19.6 Å². The lowest BCUT2D eigenvalue weighted by Crippen LogP contribution is -2.50. The highest BCUT2D eigenvalue weighted by molar-refractivity contribution is 5.97. The average molecular weight is 454 g/mol. The van der Waals surface area contributed by atoms with Gasteiger partial charge in [0, 0.05) is 43.1 Å². The van der Waals surface area contributed by atoms with E-state index >= 15 is 0 Å². The summed E-state index contributed by atoms with van der Waals surface area (Å²) >= 11 is 0. The molecule has 1 aliphatic heterocycles. The molecular formula is C26H35N3O4. The SMILES string of the molecule is C[C@@H]1CN([C@@H](C)CO)C(=O)c2cc(C#CC3CCCC3)cnc2O[C@H]1CN(C)C(=O)C1CC1. The van der Waals surface area contributed by atoms with E-state index in [1.54, 1.807) is 22.1 Å². The number of nitrogens with zero attached hydrogens (tertiary/aromatic N) is 3. The average Bonchev–Trinajstić information content (AvgIpc) is 3.54. The largest absolute Gasteiger partial charge is 0.472 e. The van der Waals surface area contributed by atoms with Crippen molar-refractivity contribution in [1.82, 2.24) is 14.8 Å². The van der Waals surface area contributed by atoms with Crippen LogP contribution in [0.4, 0.5) is 0 Å². The van der Waals surface area contributed by atoms with Gasteiger partial charge >= 0.3 is 0 Å². The first-order chi connectivity index (χ1) is 15.9. The molecule has 2 heterocycles. The molecule has 1 aromatic heterocycles. The van der Waals surface area contributed by atoms with E-state index in [9.17, 15) is 14.7 Å². The number of ether oxygens (including phenoxy) is 1. The summed E-state index contributed by atoms with van der Waals surface area (Å²) in [4.78, 5) is 33.9. The molecule has 3 atom stereocenters. The molecule has 0 bridgehead atoms. The van der Waals surface area contributed by atoms with Gasteiger partial charge in [-0.15, -0.1) is 0 Å². The van der Waals surface area contributed by atoms with Gasteiger partial charge in [0.1, 0.15) is 11.7 Å². The topological polar surface area (TPSA) is 83.0 Å². The molecule has 33 heavy (non-hydrogen) atoms. The molecular weight excluding hydrogens is 418 g/mol. The van der Waals surface area contributed by atoms with Crippen molar-refractivity contribution in [1.29, 1.82) is 0 Å². The first kappa shape index (κ1) is 23.6. The van der Waals surface area contributed by atoms with Crippen LogP contribution in [0.1, 0.15) is 68.3 Å². The number of hydrogen-bond donors (Lipinski definition) is 1. The van der Waals surface area contributed by atoms with Crippen LogP contribution >= 0.6 is 0 Å². The van der Waals surface area contributed by atoms with E-state index in [1.807, 2.05) is 20.9 Å². The standard InChI is InChI=1S/C26H35N3O4/c1-17-14-29(18(2)16-30)26(32)22-12-20(9-8-19-6-4-5-7-19)13-27-24(22)33-23(17)15-28(3)25(31)21-10-11-21/h12-13,17-19,21,23,30H,4-7,10-11,14-16H2,1-3H3/t17-,18+,23+/m1/s1. The van der Waals surface area contributed by atoms with Gasteiger partial charge in [-0.2, -0.15) is 0 Å². The molecule has 1 aromatic rings. The number of fused-ring (bicyclic) bond motifs is 1. The third-order valence-electron chi connectivity index (χ3n) is 7.05. The first-order valence-electron chi connectivity index (χ1n) is 12.2. The summed E-state index contributed by atoms with van der Waals surface area (Å²) in [7, 11) is 1.81. The Labute approximate surface area is 196 Å². The highest BCUT2D eigenvalue weighted by Crippen LogP contribution is 2.32. The molecule has 2 saturated carbocycles. The van der Waals surface area contributed by atoms with E-state index in [4.69, 9.17) is 4.74 Å². The number of hydrogen-bond acceptors (Lipinski definition) is 5. The Hall–Kier alpha value is -2.59. The van der Waals surface area contributed by atoms with E-state index in [2.05, 4.69) is 16.8 Å². The molecule has 2 aliphatic carbocycles. The van der Waals surface area contributed by atoms with Crippen molar-refractivity contribution in [2.75, 3.05) is 26.7 Å². The van der Waals surface area contributed by atoms with E-state index in [1.165, 1.54) is 12.8 Å². The number of rotatable bonds is 5. The highest BCUT2D eigenvalue weighted by Gasteiger charge is 2.37. The molecule has 7 nitrogen and oxygen atoms in total. The van der Waals surface area contributed by atoms with Crippen molar-refractivity contribution in [2.45, 2.75) is 64.5 Å². The van der Waals surface area contributed by atoms with E-state index in [0.717, 1.165) is 25.7 Å². The molecule has 0 spiro atoms. The van der Waals surface area contributed by atoms with Crippen molar-refractivity contribution < 1.29 is 19.4 Å². The number of amides is 2. The summed E-state index contributed by atoms with van der Waals surface area (Å²) in [5, 5.41) is 9.80. The Kier molecular flexibility index (Phi) is 7.23. The zero-order valence-corrected chi connectivity index (χ0v) is 19.9. The van der Waals surface area contributed by atoms with Gasteiger partial charge in [0.2, 0.25) is 11.8 Å². The summed E-state index contributed by atoms with van der Waals surface area (Å²) in [6.45, 7) is 4.57. The molecule has 0 radical (unpaired) electrons. The van der Waals surface area contributed by atoms with Gasteiger partial charge in [-0.25, -0.2) is 4.98 Å². The Morgan fingerprint density at radius 3 is 2.73 bits per heavy atom. The summed E-state index contributed by atoms with van der Waals surface area (Å²) < 4.78 is 6.27. The predicted octanol–water partition coefficient (Wildman–Crippen LogP) is 2.71. The minimum Gasteiger partial charge on any atom is -0.472 e. The van der Waals surface area contributed by atoms with Crippen molar-refractivity contribution in [3.8, 4) is 17.7 Å². The quantitative estimate of drug-likeness (QED) is 0.693. The second kappa shape index (κ2) is 10.1. The van der Waals surface area contributed by atoms with E-state index < -0.39 is 0 Å². The molecule has 1 N–H and O–H groups in total. The Morgan fingerprint density at radius 1 is 1.33 bits per heavy atom. The second-order valence-electron chi connectivity index (χ2n) is 9.94. The number of aliphatic hydroxyl groups is 1. The van der Waals surface area contributed by atoms with Crippen LogP contribution in [0, 0.1) is 29.6 Å². The van der Waals surface area contributed by atoms with Crippen LogP contribution in [-0.4, -0.2) is 70.6 Å². The molecule has 4 rings (SSSR count). The van der Waals surface area contributed by atoms with Gasteiger partial charge in [-0.05, 0) is 38.7 Å². The maximum Gasteiger partial charge on any atom is 0.259 e. The number of pyridine rings is 1. The molecule has 0 saturated heterocycles. The zero-order chi connectivity index (χ0) is 23.5. The number of carbonyl (C=O) groups is 2. The predicted molar refractivity (Wildman–Crippen MR) is 125 cm³/mol. The third-order valence-corrected chi connectivity index (χ3v) is 7.05. The normalized spacial score (nSPS) is 24.1. The molecule has 0 unspecified atom stereocenters. The molecule has 2 fully saturated rings. The number of likely N-dealkylation sites (N-methyl/N-ethyl adjacent to an activating group) is 1. The van der Waals surface area contributed by atoms with Gasteiger partial charge in [0.05, 0.1) is 19.2 Å². The van der Waals surface area contributed by atoms with E-state index in [-0.39, 0.29) is 48.3 Å². The highest BCUT2D eigenvalue weighted by atomic mass is 16.5. The smallest absolute Gasteiger partial charge is 0.259 e. The summed E-state index contributed by atoms with van der Waals surface area (Å²) in [6, 6.07) is 1.42. The molecule has 7 heteroatoms. The van der Waals surface area contributed by atoms with Crippen molar-refractivity contribution in [3.05, 3.63) is 23.4 Å². The fraction of sp³-hybridized carbons (Fsp3) is 0.654. The van der Waals surface area contributed by atoms with Crippen molar-refractivity contribution in [3.63, 3.8) is 0 Å². The Balaban J connectivity index is 1.62. The molecule has 3 aliphatic rings. The monoisotopic (exact) mass is 453 g/mol. The lowest BCUT2D eigenvalue weighted by atomic mass is 9.99. The Morgan fingerprint density at radius 2 is 2.06 bits per heavy atom. The molecule has 178 valence electrons. The number of carbonyl (C=O) groups excluding carboxylic acids is 2. The van der Waals surface area contributed by atoms with Gasteiger partial charge in [0.25, 0.3) is 5.91 Å². The van der Waals surface area contributed by atoms with Gasteiger partial charge in [-0.1, -0.05) is 31.6 Å². The van der Waals surface area contributed by atoms with Crippen LogP contribution in [0.25, 0.3) is 0 Å². The summed E-state index contributed by atoms with van der Waals surface area (Å²) in [5.41, 5.74) is 1.06. The van der Waals surface area contributed by atoms with Crippen LogP contribution in [0.3, 0.4) is 0 Å². The first-order valence-corrected chi connectivity index (χ1v) is 12.2. The summed E-state index contributed by atoms with van der Waals surface area (Å²) in [6.07, 6.45) is 7.95. The minimum atomic E-state index is -0.342. The zero-order valence-electron chi connectivity index (χ0n) is 19.9. The maximum absolute atomic E-state index is 13.5. The lowest BCUT2D eigenvalue weighted by Gasteiger charge is -2.37. The van der Waals surface area contributed by atoms with E-state index in [0.29, 0.717) is 30.1 Å². The summed E-state index contributed by atoms with van der Waals surface area (Å²) in [5.74, 6) is 7.23. The van der Waals surface area contributed by atoms with Crippen molar-refractivity contribution >= 4 is 11.8 Å². The number of aliphatic hydroxyl groups excluding tert-OH is 1. The minimum absolute atomic E-state index is 0.0470. The van der Waals surface area contributed by atoms with Crippen LogP contribution in [-0.2, 0) is 4.79 Å². The lowest BCUT2D eigenvalue weighted by molar-refractivity contribution is -0.132. The van der Waals surface area contributed by atoms with Crippen LogP contribution in [0.5, 0.6) is 5.88 Å². The third kappa shape index (κ3) is 5.50. The van der Waals surface area contributed by atoms with Crippen LogP contribution in [0.15, 0.2) is 12.3 Å². The van der Waals surface area contributed by atoms with Gasteiger partial charge in [0.15, 0.2) is 0 Å².